The van der Waals surface area contributed by atoms with Crippen LogP contribution < -0.4 is 0 Å². The average molecular weight is 290 g/mol. The van der Waals surface area contributed by atoms with E-state index in [1.807, 2.05) is 26.0 Å². The Morgan fingerprint density at radius 1 is 0.952 bits per heavy atom. The second kappa shape index (κ2) is 6.08. The molecule has 0 radical (unpaired) electrons. The molecule has 3 aliphatic rings. The van der Waals surface area contributed by atoms with E-state index in [2.05, 4.69) is 0 Å². The van der Waals surface area contributed by atoms with Crippen molar-refractivity contribution in [3.05, 3.63) is 29.8 Å². The van der Waals surface area contributed by atoms with Crippen LogP contribution in [0.2, 0.25) is 0 Å². The number of carbonyl (C=O) groups is 1. The van der Waals surface area contributed by atoms with Crippen LogP contribution in [0.25, 0.3) is 0 Å². The molecule has 3 fully saturated rings. The van der Waals surface area contributed by atoms with Crippen molar-refractivity contribution < 1.29 is 15.0 Å². The highest BCUT2D eigenvalue weighted by Gasteiger charge is 2.50. The Balaban J connectivity index is 0.000000774. The molecule has 1 aromatic carbocycles. The number of phenols is 1. The molecule has 3 heteroatoms. The third-order valence-electron chi connectivity index (χ3n) is 5.41. The Kier molecular flexibility index (Phi) is 4.60. The van der Waals surface area contributed by atoms with Gasteiger partial charge in [-0.2, -0.15) is 0 Å². The largest absolute Gasteiger partial charge is 0.508 e. The third-order valence-corrected chi connectivity index (χ3v) is 5.41. The van der Waals surface area contributed by atoms with Crippen LogP contribution in [0.1, 0.15) is 64.4 Å². The summed E-state index contributed by atoms with van der Waals surface area (Å²) in [6.45, 7) is 4.00. The van der Waals surface area contributed by atoms with Crippen LogP contribution in [-0.4, -0.2) is 16.2 Å². The average Bonchev–Trinajstić information content (AvgIpc) is 2.82. The molecule has 0 aliphatic heterocycles. The fourth-order valence-corrected chi connectivity index (χ4v) is 4.04. The van der Waals surface area contributed by atoms with E-state index >= 15 is 0 Å². The highest BCUT2D eigenvalue weighted by Crippen LogP contribution is 2.55. The summed E-state index contributed by atoms with van der Waals surface area (Å²) >= 11 is 0. The highest BCUT2D eigenvalue weighted by molar-refractivity contribution is 5.75. The molecule has 3 aliphatic carbocycles. The van der Waals surface area contributed by atoms with Crippen LogP contribution >= 0.6 is 0 Å². The van der Waals surface area contributed by atoms with E-state index in [4.69, 9.17) is 0 Å². The Bertz CT molecular complexity index is 482. The molecule has 0 atom stereocenters. The standard InChI is InChI=1S/C16H20O3.C2H6/c17-13-4-2-12(3-5-13)15-6-1-7-16(10-8-15,11-9-15)14(18)19;1-2/h2-5,17H,1,6-11H2,(H,18,19);1-2H3. The molecular formula is C18H26O3. The van der Waals surface area contributed by atoms with Crippen LogP contribution in [0.3, 0.4) is 0 Å². The van der Waals surface area contributed by atoms with Crippen molar-refractivity contribution in [1.82, 2.24) is 0 Å². The second-order valence-electron chi connectivity index (χ2n) is 6.27. The maximum atomic E-state index is 11.5. The summed E-state index contributed by atoms with van der Waals surface area (Å²) in [5.41, 5.74) is 0.950. The molecule has 0 spiro atoms. The number of hydrogen-bond acceptors (Lipinski definition) is 2. The Labute approximate surface area is 127 Å². The van der Waals surface area contributed by atoms with E-state index < -0.39 is 11.4 Å². The molecule has 0 heterocycles. The van der Waals surface area contributed by atoms with Gasteiger partial charge in [-0.3, -0.25) is 4.79 Å². The van der Waals surface area contributed by atoms with Crippen LogP contribution in [-0.2, 0) is 10.2 Å². The van der Waals surface area contributed by atoms with Crippen molar-refractivity contribution in [3.8, 4) is 5.75 Å². The Hall–Kier alpha value is -1.51. The summed E-state index contributed by atoms with van der Waals surface area (Å²) in [4.78, 5) is 11.5. The third kappa shape index (κ3) is 2.78. The van der Waals surface area contributed by atoms with Gasteiger partial charge in [0.2, 0.25) is 0 Å². The predicted molar refractivity (Wildman–Crippen MR) is 83.5 cm³/mol. The van der Waals surface area contributed by atoms with Gasteiger partial charge in [0.05, 0.1) is 5.41 Å². The molecular weight excluding hydrogens is 264 g/mol. The molecule has 3 nitrogen and oxygen atoms in total. The number of aromatic hydroxyl groups is 1. The van der Waals surface area contributed by atoms with E-state index in [-0.39, 0.29) is 5.41 Å². The normalized spacial score (nSPS) is 31.0. The predicted octanol–water partition coefficient (Wildman–Crippen LogP) is 4.49. The van der Waals surface area contributed by atoms with Crippen LogP contribution in [0.4, 0.5) is 0 Å². The lowest BCUT2D eigenvalue weighted by Gasteiger charge is -2.41. The molecule has 2 bridgehead atoms. The number of hydrogen-bond donors (Lipinski definition) is 2. The molecule has 21 heavy (non-hydrogen) atoms. The van der Waals surface area contributed by atoms with E-state index in [1.54, 1.807) is 12.1 Å². The quantitative estimate of drug-likeness (QED) is 0.844. The van der Waals surface area contributed by atoms with Crippen molar-refractivity contribution in [3.63, 3.8) is 0 Å². The van der Waals surface area contributed by atoms with Gasteiger partial charge in [0.1, 0.15) is 5.75 Å². The van der Waals surface area contributed by atoms with E-state index in [9.17, 15) is 15.0 Å². The van der Waals surface area contributed by atoms with Gasteiger partial charge in [0.25, 0.3) is 0 Å². The number of carboxylic acids is 1. The zero-order valence-corrected chi connectivity index (χ0v) is 13.1. The van der Waals surface area contributed by atoms with E-state index in [0.717, 1.165) is 44.9 Å². The van der Waals surface area contributed by atoms with Crippen molar-refractivity contribution in [2.75, 3.05) is 0 Å². The van der Waals surface area contributed by atoms with Gasteiger partial charge in [0, 0.05) is 0 Å². The number of benzene rings is 1. The first-order chi connectivity index (χ1) is 10.1. The minimum Gasteiger partial charge on any atom is -0.508 e. The number of aliphatic carboxylic acids is 1. The smallest absolute Gasteiger partial charge is 0.309 e. The fourth-order valence-electron chi connectivity index (χ4n) is 4.04. The summed E-state index contributed by atoms with van der Waals surface area (Å²) < 4.78 is 0. The van der Waals surface area contributed by atoms with Crippen molar-refractivity contribution in [2.24, 2.45) is 5.41 Å². The highest BCUT2D eigenvalue weighted by atomic mass is 16.4. The van der Waals surface area contributed by atoms with Gasteiger partial charge in [-0.25, -0.2) is 0 Å². The summed E-state index contributed by atoms with van der Waals surface area (Å²) in [7, 11) is 0. The van der Waals surface area contributed by atoms with Crippen LogP contribution in [0.5, 0.6) is 5.75 Å². The van der Waals surface area contributed by atoms with Crippen molar-refractivity contribution in [1.29, 1.82) is 0 Å². The Morgan fingerprint density at radius 3 is 2.05 bits per heavy atom. The maximum absolute atomic E-state index is 11.5. The van der Waals surface area contributed by atoms with Gasteiger partial charge in [0.15, 0.2) is 0 Å². The lowest BCUT2D eigenvalue weighted by atomic mass is 9.62. The number of phenolic OH excluding ortho intramolecular Hbond substituents is 1. The summed E-state index contributed by atoms with van der Waals surface area (Å²) in [5.74, 6) is -0.307. The number of carboxylic acid groups (broad SMARTS) is 1. The molecule has 2 N–H and O–H groups in total. The monoisotopic (exact) mass is 290 g/mol. The minimum absolute atomic E-state index is 0.142. The summed E-state index contributed by atoms with van der Waals surface area (Å²) in [6, 6.07) is 7.50. The zero-order chi connectivity index (χ0) is 15.5. The molecule has 0 saturated heterocycles. The topological polar surface area (TPSA) is 57.5 Å². The molecule has 0 aromatic heterocycles. The summed E-state index contributed by atoms with van der Waals surface area (Å²) in [5, 5.41) is 18.9. The zero-order valence-electron chi connectivity index (χ0n) is 13.1. The van der Waals surface area contributed by atoms with Gasteiger partial charge in [-0.05, 0) is 61.6 Å². The fraction of sp³-hybridized carbons (Fsp3) is 0.611. The molecule has 1 aromatic rings. The number of rotatable bonds is 2. The first kappa shape index (κ1) is 15.9. The van der Waals surface area contributed by atoms with Crippen molar-refractivity contribution >= 4 is 5.97 Å². The molecule has 0 unspecified atom stereocenters. The molecule has 3 saturated carbocycles. The summed E-state index contributed by atoms with van der Waals surface area (Å²) in [6.07, 6.45) is 6.41. The van der Waals surface area contributed by atoms with E-state index in [1.165, 1.54) is 5.56 Å². The van der Waals surface area contributed by atoms with Crippen molar-refractivity contribution in [2.45, 2.75) is 64.2 Å². The minimum atomic E-state index is -0.603. The van der Waals surface area contributed by atoms with Gasteiger partial charge >= 0.3 is 5.97 Å². The van der Waals surface area contributed by atoms with Gasteiger partial charge in [-0.1, -0.05) is 32.4 Å². The lowest BCUT2D eigenvalue weighted by Crippen LogP contribution is -2.38. The van der Waals surface area contributed by atoms with E-state index in [0.29, 0.717) is 5.75 Å². The van der Waals surface area contributed by atoms with Crippen LogP contribution in [0.15, 0.2) is 24.3 Å². The molecule has 116 valence electrons. The lowest BCUT2D eigenvalue weighted by molar-refractivity contribution is -0.151. The maximum Gasteiger partial charge on any atom is 0.309 e. The first-order valence-corrected chi connectivity index (χ1v) is 8.09. The Morgan fingerprint density at radius 2 is 1.52 bits per heavy atom. The molecule has 0 amide bonds. The first-order valence-electron chi connectivity index (χ1n) is 8.09. The van der Waals surface area contributed by atoms with Crippen LogP contribution in [0, 0.1) is 5.41 Å². The second-order valence-corrected chi connectivity index (χ2v) is 6.27. The van der Waals surface area contributed by atoms with Gasteiger partial charge in [-0.15, -0.1) is 0 Å². The molecule has 4 rings (SSSR count). The van der Waals surface area contributed by atoms with Gasteiger partial charge < -0.3 is 10.2 Å². The SMILES string of the molecule is CC.O=C(O)C12CCCC(c3ccc(O)cc3)(CC1)CC2. The number of fused-ring (bicyclic) bond motifs is 4.